The topological polar surface area (TPSA) is 61.4 Å². The van der Waals surface area contributed by atoms with Crippen LogP contribution in [0.15, 0.2) is 18.2 Å². The molecule has 0 aliphatic rings. The van der Waals surface area contributed by atoms with Gasteiger partial charge in [-0.15, -0.1) is 0 Å². The summed E-state index contributed by atoms with van der Waals surface area (Å²) in [5.41, 5.74) is 0.313. The fourth-order valence-corrected chi connectivity index (χ4v) is 1.65. The highest BCUT2D eigenvalue weighted by Gasteiger charge is 2.10. The van der Waals surface area contributed by atoms with Crippen molar-refractivity contribution in [3.05, 3.63) is 33.8 Å². The highest BCUT2D eigenvalue weighted by atomic mass is 35.5. The Kier molecular flexibility index (Phi) is 5.92. The first kappa shape index (κ1) is 15.6. The van der Waals surface area contributed by atoms with Gasteiger partial charge in [-0.2, -0.15) is 0 Å². The van der Waals surface area contributed by atoms with Crippen LogP contribution in [0, 0.1) is 0 Å². The number of carbonyl (C=O) groups excluding carboxylic acids is 2. The highest BCUT2D eigenvalue weighted by molar-refractivity contribution is 6.35. The van der Waals surface area contributed by atoms with Crippen LogP contribution in [0.2, 0.25) is 10.0 Å². The van der Waals surface area contributed by atoms with E-state index in [4.69, 9.17) is 23.2 Å². The van der Waals surface area contributed by atoms with Crippen molar-refractivity contribution in [3.63, 3.8) is 0 Å². The SMILES string of the molecule is CN(C)C(=O)NCCNC(=O)c1cc(Cl)ccc1Cl. The smallest absolute Gasteiger partial charge is 0.316 e. The Morgan fingerprint density at radius 1 is 1.16 bits per heavy atom. The number of amides is 3. The second-order valence-electron chi connectivity index (χ2n) is 4.01. The zero-order chi connectivity index (χ0) is 14.4. The normalized spacial score (nSPS) is 9.89. The van der Waals surface area contributed by atoms with Gasteiger partial charge in [0.1, 0.15) is 0 Å². The summed E-state index contributed by atoms with van der Waals surface area (Å²) in [4.78, 5) is 24.5. The predicted octanol–water partition coefficient (Wildman–Crippen LogP) is 1.99. The number of nitrogens with zero attached hydrogens (tertiary/aromatic N) is 1. The summed E-state index contributed by atoms with van der Waals surface area (Å²) in [6, 6.07) is 4.46. The minimum atomic E-state index is -0.327. The predicted molar refractivity (Wildman–Crippen MR) is 75.9 cm³/mol. The van der Waals surface area contributed by atoms with Crippen LogP contribution in [0.1, 0.15) is 10.4 Å². The monoisotopic (exact) mass is 303 g/mol. The molecule has 0 aromatic heterocycles. The Hall–Kier alpha value is -1.46. The standard InChI is InChI=1S/C12H15Cl2N3O2/c1-17(2)12(19)16-6-5-15-11(18)9-7-8(13)3-4-10(9)14/h3-4,7H,5-6H2,1-2H3,(H,15,18)(H,16,19). The van der Waals surface area contributed by atoms with Gasteiger partial charge in [0.2, 0.25) is 0 Å². The van der Waals surface area contributed by atoms with Gasteiger partial charge in [0.25, 0.3) is 5.91 Å². The van der Waals surface area contributed by atoms with E-state index in [0.717, 1.165) is 0 Å². The van der Waals surface area contributed by atoms with E-state index in [1.54, 1.807) is 26.2 Å². The van der Waals surface area contributed by atoms with Gasteiger partial charge in [-0.05, 0) is 18.2 Å². The maximum absolute atomic E-state index is 11.8. The summed E-state index contributed by atoms with van der Waals surface area (Å²) < 4.78 is 0. The summed E-state index contributed by atoms with van der Waals surface area (Å²) in [6.07, 6.45) is 0. The third kappa shape index (κ3) is 4.96. The molecule has 104 valence electrons. The van der Waals surface area contributed by atoms with Gasteiger partial charge in [-0.25, -0.2) is 4.79 Å². The number of halogens is 2. The quantitative estimate of drug-likeness (QED) is 0.836. The van der Waals surface area contributed by atoms with E-state index in [1.165, 1.54) is 11.0 Å². The van der Waals surface area contributed by atoms with Crippen LogP contribution < -0.4 is 10.6 Å². The average Bonchev–Trinajstić information content (AvgIpc) is 2.36. The van der Waals surface area contributed by atoms with Gasteiger partial charge in [0.05, 0.1) is 10.6 Å². The molecule has 0 bridgehead atoms. The lowest BCUT2D eigenvalue weighted by Gasteiger charge is -2.12. The van der Waals surface area contributed by atoms with E-state index in [-0.39, 0.29) is 11.9 Å². The lowest BCUT2D eigenvalue weighted by Crippen LogP contribution is -2.39. The van der Waals surface area contributed by atoms with Gasteiger partial charge < -0.3 is 15.5 Å². The van der Waals surface area contributed by atoms with E-state index in [9.17, 15) is 9.59 Å². The van der Waals surface area contributed by atoms with Crippen LogP contribution in [-0.4, -0.2) is 44.0 Å². The van der Waals surface area contributed by atoms with Gasteiger partial charge in [0.15, 0.2) is 0 Å². The lowest BCUT2D eigenvalue weighted by molar-refractivity contribution is 0.0954. The number of benzene rings is 1. The largest absolute Gasteiger partial charge is 0.350 e. The van der Waals surface area contributed by atoms with Crippen LogP contribution in [0.3, 0.4) is 0 Å². The molecule has 3 amide bonds. The number of urea groups is 1. The van der Waals surface area contributed by atoms with Gasteiger partial charge in [-0.3, -0.25) is 4.79 Å². The van der Waals surface area contributed by atoms with Crippen molar-refractivity contribution >= 4 is 35.1 Å². The maximum Gasteiger partial charge on any atom is 0.316 e. The highest BCUT2D eigenvalue weighted by Crippen LogP contribution is 2.20. The van der Waals surface area contributed by atoms with Crippen molar-refractivity contribution in [2.24, 2.45) is 0 Å². The molecule has 2 N–H and O–H groups in total. The molecule has 5 nitrogen and oxygen atoms in total. The molecule has 0 radical (unpaired) electrons. The molecule has 0 spiro atoms. The van der Waals surface area contributed by atoms with E-state index < -0.39 is 0 Å². The van der Waals surface area contributed by atoms with E-state index >= 15 is 0 Å². The second-order valence-corrected chi connectivity index (χ2v) is 4.85. The minimum absolute atomic E-state index is 0.213. The van der Waals surface area contributed by atoms with Crippen LogP contribution in [0.5, 0.6) is 0 Å². The zero-order valence-corrected chi connectivity index (χ0v) is 12.2. The molecule has 0 heterocycles. The van der Waals surface area contributed by atoms with Gasteiger partial charge in [-0.1, -0.05) is 23.2 Å². The molecule has 1 aromatic rings. The van der Waals surface area contributed by atoms with E-state index in [2.05, 4.69) is 10.6 Å². The molecule has 0 aliphatic carbocycles. The van der Waals surface area contributed by atoms with Crippen LogP contribution >= 0.6 is 23.2 Å². The van der Waals surface area contributed by atoms with E-state index in [0.29, 0.717) is 28.7 Å². The lowest BCUT2D eigenvalue weighted by atomic mass is 10.2. The van der Waals surface area contributed by atoms with Crippen LogP contribution in [-0.2, 0) is 0 Å². The first-order chi connectivity index (χ1) is 8.91. The Morgan fingerprint density at radius 2 is 1.79 bits per heavy atom. The first-order valence-electron chi connectivity index (χ1n) is 5.60. The molecule has 7 heteroatoms. The van der Waals surface area contributed by atoms with Gasteiger partial charge >= 0.3 is 6.03 Å². The van der Waals surface area contributed by atoms with Crippen molar-refractivity contribution in [3.8, 4) is 0 Å². The molecule has 0 atom stereocenters. The first-order valence-corrected chi connectivity index (χ1v) is 6.36. The Labute approximate surface area is 121 Å². The summed E-state index contributed by atoms with van der Waals surface area (Å²) in [5.74, 6) is -0.327. The molecule has 1 aromatic carbocycles. The molecule has 0 saturated heterocycles. The maximum atomic E-state index is 11.8. The minimum Gasteiger partial charge on any atom is -0.350 e. The second kappa shape index (κ2) is 7.21. The third-order valence-electron chi connectivity index (χ3n) is 2.27. The molecule has 1 rings (SSSR count). The Morgan fingerprint density at radius 3 is 2.42 bits per heavy atom. The van der Waals surface area contributed by atoms with Crippen molar-refractivity contribution < 1.29 is 9.59 Å². The number of carbonyl (C=O) groups is 2. The summed E-state index contributed by atoms with van der Waals surface area (Å²) in [7, 11) is 3.28. The van der Waals surface area contributed by atoms with Crippen LogP contribution in [0.25, 0.3) is 0 Å². The summed E-state index contributed by atoms with van der Waals surface area (Å²) >= 11 is 11.7. The molecule has 0 unspecified atom stereocenters. The third-order valence-corrected chi connectivity index (χ3v) is 2.83. The van der Waals surface area contributed by atoms with Gasteiger partial charge in [0, 0.05) is 32.2 Å². The van der Waals surface area contributed by atoms with E-state index in [1.807, 2.05) is 0 Å². The summed E-state index contributed by atoms with van der Waals surface area (Å²) in [5, 5.41) is 6.05. The molecular weight excluding hydrogens is 289 g/mol. The van der Waals surface area contributed by atoms with Crippen molar-refractivity contribution in [2.45, 2.75) is 0 Å². The molecular formula is C12H15Cl2N3O2. The van der Waals surface area contributed by atoms with Crippen molar-refractivity contribution in [1.82, 2.24) is 15.5 Å². The van der Waals surface area contributed by atoms with Crippen molar-refractivity contribution in [1.29, 1.82) is 0 Å². The number of rotatable bonds is 4. The average molecular weight is 304 g/mol. The number of nitrogens with one attached hydrogen (secondary N) is 2. The molecule has 0 aliphatic heterocycles. The summed E-state index contributed by atoms with van der Waals surface area (Å²) in [6.45, 7) is 0.641. The Balaban J connectivity index is 2.44. The number of hydrogen-bond donors (Lipinski definition) is 2. The Bertz CT molecular complexity index is 478. The number of hydrogen-bond acceptors (Lipinski definition) is 2. The van der Waals surface area contributed by atoms with Crippen molar-refractivity contribution in [2.75, 3.05) is 27.2 Å². The van der Waals surface area contributed by atoms with Crippen LogP contribution in [0.4, 0.5) is 4.79 Å². The molecule has 0 saturated carbocycles. The zero-order valence-electron chi connectivity index (χ0n) is 10.7. The fourth-order valence-electron chi connectivity index (χ4n) is 1.27. The molecule has 19 heavy (non-hydrogen) atoms. The fraction of sp³-hybridized carbons (Fsp3) is 0.333. The molecule has 0 fully saturated rings.